The number of nitrogens with two attached hydrogens (primary N) is 1. The number of fused-ring (bicyclic) bond motifs is 1. The summed E-state index contributed by atoms with van der Waals surface area (Å²) >= 11 is 7.31. The number of halogens is 1. The number of amides is 1. The van der Waals surface area contributed by atoms with Crippen molar-refractivity contribution < 1.29 is 9.21 Å². The maximum atomic E-state index is 12.2. The van der Waals surface area contributed by atoms with Crippen LogP contribution in [0.5, 0.6) is 0 Å². The number of furan rings is 1. The van der Waals surface area contributed by atoms with E-state index in [4.69, 9.17) is 21.8 Å². The van der Waals surface area contributed by atoms with Crippen molar-refractivity contribution >= 4 is 44.6 Å². The third-order valence-electron chi connectivity index (χ3n) is 3.11. The number of benzene rings is 1. The summed E-state index contributed by atoms with van der Waals surface area (Å²) in [6, 6.07) is 9.12. The van der Waals surface area contributed by atoms with Crippen molar-refractivity contribution in [2.45, 2.75) is 13.5 Å². The van der Waals surface area contributed by atoms with Crippen molar-refractivity contribution in [2.75, 3.05) is 5.73 Å². The summed E-state index contributed by atoms with van der Waals surface area (Å²) in [5, 5.41) is 4.22. The number of nitrogens with one attached hydrogen (secondary N) is 1. The zero-order valence-electron chi connectivity index (χ0n) is 11.3. The zero-order chi connectivity index (χ0) is 15.0. The molecule has 108 valence electrons. The first-order valence-electron chi connectivity index (χ1n) is 6.35. The van der Waals surface area contributed by atoms with Gasteiger partial charge < -0.3 is 15.5 Å². The second-order valence-electron chi connectivity index (χ2n) is 4.68. The number of carbonyl (C=O) groups excluding carboxylic acids is 1. The monoisotopic (exact) mass is 320 g/mol. The first kappa shape index (κ1) is 14.0. The molecule has 3 aromatic rings. The van der Waals surface area contributed by atoms with Crippen molar-refractivity contribution in [1.29, 1.82) is 0 Å². The molecule has 0 bridgehead atoms. The molecule has 21 heavy (non-hydrogen) atoms. The van der Waals surface area contributed by atoms with Gasteiger partial charge >= 0.3 is 0 Å². The summed E-state index contributed by atoms with van der Waals surface area (Å²) in [4.78, 5) is 12.7. The van der Waals surface area contributed by atoms with E-state index in [1.54, 1.807) is 12.1 Å². The zero-order valence-corrected chi connectivity index (χ0v) is 12.8. The van der Waals surface area contributed by atoms with E-state index >= 15 is 0 Å². The molecule has 2 heterocycles. The van der Waals surface area contributed by atoms with Gasteiger partial charge in [-0.05, 0) is 37.3 Å². The Hall–Kier alpha value is -1.98. The molecule has 4 nitrogen and oxygen atoms in total. The number of hydrogen-bond acceptors (Lipinski definition) is 4. The molecule has 0 aliphatic rings. The van der Waals surface area contributed by atoms with Crippen molar-refractivity contribution in [3.8, 4) is 0 Å². The van der Waals surface area contributed by atoms with E-state index in [0.29, 0.717) is 27.9 Å². The Kier molecular flexibility index (Phi) is 3.61. The molecule has 6 heteroatoms. The van der Waals surface area contributed by atoms with Crippen LogP contribution in [0.2, 0.25) is 5.02 Å². The Bertz CT molecular complexity index is 822. The van der Waals surface area contributed by atoms with Crippen LogP contribution in [0.15, 0.2) is 34.7 Å². The van der Waals surface area contributed by atoms with Crippen LogP contribution in [0, 0.1) is 6.92 Å². The summed E-state index contributed by atoms with van der Waals surface area (Å²) in [7, 11) is 0. The predicted octanol–water partition coefficient (Wildman–Crippen LogP) is 3.97. The van der Waals surface area contributed by atoms with E-state index < -0.39 is 0 Å². The highest BCUT2D eigenvalue weighted by atomic mass is 35.5. The highest BCUT2D eigenvalue weighted by molar-refractivity contribution is 7.21. The van der Waals surface area contributed by atoms with Gasteiger partial charge in [0.1, 0.15) is 16.4 Å². The van der Waals surface area contributed by atoms with Crippen LogP contribution in [-0.2, 0) is 6.54 Å². The second-order valence-corrected chi connectivity index (χ2v) is 6.17. The number of thiophene rings is 1. The van der Waals surface area contributed by atoms with Gasteiger partial charge in [0.2, 0.25) is 0 Å². The highest BCUT2D eigenvalue weighted by Crippen LogP contribution is 2.35. The lowest BCUT2D eigenvalue weighted by Gasteiger charge is -2.02. The molecular formula is C15H13ClN2O2S. The third kappa shape index (κ3) is 2.75. The normalized spacial score (nSPS) is 11.0. The van der Waals surface area contributed by atoms with Gasteiger partial charge in [0.05, 0.1) is 12.2 Å². The lowest BCUT2D eigenvalue weighted by molar-refractivity contribution is 0.0953. The molecule has 2 aromatic heterocycles. The minimum Gasteiger partial charge on any atom is -0.465 e. The predicted molar refractivity (Wildman–Crippen MR) is 85.9 cm³/mol. The van der Waals surface area contributed by atoms with Crippen LogP contribution in [0.25, 0.3) is 10.1 Å². The number of aryl methyl sites for hydroxylation is 1. The van der Waals surface area contributed by atoms with E-state index in [1.807, 2.05) is 25.1 Å². The average molecular weight is 321 g/mol. The quantitative estimate of drug-likeness (QED) is 0.767. The Labute approximate surface area is 130 Å². The Morgan fingerprint density at radius 2 is 2.19 bits per heavy atom. The van der Waals surface area contributed by atoms with Crippen LogP contribution >= 0.6 is 22.9 Å². The maximum absolute atomic E-state index is 12.2. The van der Waals surface area contributed by atoms with Gasteiger partial charge in [0.15, 0.2) is 0 Å². The number of anilines is 1. The van der Waals surface area contributed by atoms with Gasteiger partial charge in [0, 0.05) is 15.1 Å². The lowest BCUT2D eigenvalue weighted by atomic mass is 10.2. The highest BCUT2D eigenvalue weighted by Gasteiger charge is 2.16. The molecule has 0 radical (unpaired) electrons. The largest absolute Gasteiger partial charge is 0.465 e. The summed E-state index contributed by atoms with van der Waals surface area (Å²) in [6.07, 6.45) is 0. The third-order valence-corrected chi connectivity index (χ3v) is 4.53. The smallest absolute Gasteiger partial charge is 0.263 e. The van der Waals surface area contributed by atoms with Crippen LogP contribution in [0.3, 0.4) is 0 Å². The van der Waals surface area contributed by atoms with Gasteiger partial charge in [-0.2, -0.15) is 0 Å². The number of nitrogen functional groups attached to an aromatic ring is 1. The molecular weight excluding hydrogens is 308 g/mol. The minimum atomic E-state index is -0.209. The van der Waals surface area contributed by atoms with Crippen molar-refractivity contribution in [2.24, 2.45) is 0 Å². The molecule has 0 fully saturated rings. The standard InChI is InChI=1S/C15H13ClN2O2S/c1-8-2-4-10(20-8)7-18-15(19)14-13(17)11-6-9(16)3-5-12(11)21-14/h2-6H,7,17H2,1H3,(H,18,19). The van der Waals surface area contributed by atoms with Gasteiger partial charge in [0.25, 0.3) is 5.91 Å². The summed E-state index contributed by atoms with van der Waals surface area (Å²) < 4.78 is 6.36. The van der Waals surface area contributed by atoms with Gasteiger partial charge in [-0.3, -0.25) is 4.79 Å². The SMILES string of the molecule is Cc1ccc(CNC(=O)c2sc3ccc(Cl)cc3c2N)o1. The summed E-state index contributed by atoms with van der Waals surface area (Å²) in [6.45, 7) is 2.19. The Morgan fingerprint density at radius 3 is 2.90 bits per heavy atom. The fraction of sp³-hybridized carbons (Fsp3) is 0.133. The molecule has 1 amide bonds. The van der Waals surface area contributed by atoms with Crippen LogP contribution in [0.4, 0.5) is 5.69 Å². The first-order chi connectivity index (χ1) is 10.0. The fourth-order valence-electron chi connectivity index (χ4n) is 2.09. The van der Waals surface area contributed by atoms with Crippen molar-refractivity contribution in [1.82, 2.24) is 5.32 Å². The van der Waals surface area contributed by atoms with Crippen molar-refractivity contribution in [3.05, 3.63) is 51.8 Å². The molecule has 0 spiro atoms. The first-order valence-corrected chi connectivity index (χ1v) is 7.55. The molecule has 3 rings (SSSR count). The molecule has 0 aliphatic heterocycles. The second kappa shape index (κ2) is 5.42. The van der Waals surface area contributed by atoms with Gasteiger partial charge in [-0.15, -0.1) is 11.3 Å². The summed E-state index contributed by atoms with van der Waals surface area (Å²) in [5.74, 6) is 1.32. The molecule has 0 saturated heterocycles. The molecule has 0 atom stereocenters. The fourth-order valence-corrected chi connectivity index (χ4v) is 3.28. The Balaban J connectivity index is 1.82. The van der Waals surface area contributed by atoms with E-state index in [-0.39, 0.29) is 5.91 Å². The van der Waals surface area contributed by atoms with E-state index in [9.17, 15) is 4.79 Å². The van der Waals surface area contributed by atoms with Crippen LogP contribution in [0.1, 0.15) is 21.2 Å². The van der Waals surface area contributed by atoms with E-state index in [2.05, 4.69) is 5.32 Å². The molecule has 3 N–H and O–H groups in total. The number of hydrogen-bond donors (Lipinski definition) is 2. The molecule has 0 unspecified atom stereocenters. The minimum absolute atomic E-state index is 0.209. The molecule has 0 saturated carbocycles. The number of carbonyl (C=O) groups is 1. The molecule has 1 aromatic carbocycles. The van der Waals surface area contributed by atoms with Gasteiger partial charge in [-0.1, -0.05) is 11.6 Å². The number of rotatable bonds is 3. The van der Waals surface area contributed by atoms with Gasteiger partial charge in [-0.25, -0.2) is 0 Å². The topological polar surface area (TPSA) is 68.3 Å². The maximum Gasteiger partial charge on any atom is 0.263 e. The van der Waals surface area contributed by atoms with Crippen LogP contribution in [-0.4, -0.2) is 5.91 Å². The summed E-state index contributed by atoms with van der Waals surface area (Å²) in [5.41, 5.74) is 6.51. The van der Waals surface area contributed by atoms with Crippen molar-refractivity contribution in [3.63, 3.8) is 0 Å². The molecule has 0 aliphatic carbocycles. The van der Waals surface area contributed by atoms with E-state index in [1.165, 1.54) is 11.3 Å². The lowest BCUT2D eigenvalue weighted by Crippen LogP contribution is -2.22. The van der Waals surface area contributed by atoms with Crippen LogP contribution < -0.4 is 11.1 Å². The van der Waals surface area contributed by atoms with E-state index in [0.717, 1.165) is 15.8 Å². The average Bonchev–Trinajstić information content (AvgIpc) is 3.01. The Morgan fingerprint density at radius 1 is 1.38 bits per heavy atom.